The number of ether oxygens (including phenoxy) is 1. The Morgan fingerprint density at radius 3 is 2.90 bits per heavy atom. The summed E-state index contributed by atoms with van der Waals surface area (Å²) in [6, 6.07) is 6.59. The third-order valence-electron chi connectivity index (χ3n) is 3.77. The molecule has 1 aromatic rings. The van der Waals surface area contributed by atoms with Crippen LogP contribution in [0.4, 0.5) is 0 Å². The van der Waals surface area contributed by atoms with Gasteiger partial charge in [-0.25, -0.2) is 0 Å². The summed E-state index contributed by atoms with van der Waals surface area (Å²) in [5, 5.41) is 0. The lowest BCUT2D eigenvalue weighted by Crippen LogP contribution is -2.32. The van der Waals surface area contributed by atoms with Gasteiger partial charge in [-0.15, -0.1) is 0 Å². The van der Waals surface area contributed by atoms with Gasteiger partial charge in [0.25, 0.3) is 0 Å². The van der Waals surface area contributed by atoms with Crippen molar-refractivity contribution in [2.45, 2.75) is 33.1 Å². The molecule has 0 saturated carbocycles. The Hall–Kier alpha value is -1.13. The number of benzene rings is 1. The van der Waals surface area contributed by atoms with Gasteiger partial charge in [-0.2, -0.15) is 0 Å². The van der Waals surface area contributed by atoms with Gasteiger partial charge in [-0.1, -0.05) is 38.2 Å². The smallest absolute Gasteiger partial charge is 0.122 e. The first-order valence-corrected chi connectivity index (χ1v) is 8.20. The minimum Gasteiger partial charge on any atom is -0.493 e. The molecular weight excluding hydrogens is 280 g/mol. The molecule has 0 radical (unpaired) electrons. The molecule has 3 nitrogen and oxygen atoms in total. The van der Waals surface area contributed by atoms with Crippen LogP contribution < -0.4 is 10.5 Å². The molecule has 2 N–H and O–H groups in total. The van der Waals surface area contributed by atoms with Crippen LogP contribution in [0.1, 0.15) is 31.4 Å². The monoisotopic (exact) mass is 306 g/mol. The first kappa shape index (κ1) is 16.2. The molecule has 0 fully saturated rings. The van der Waals surface area contributed by atoms with E-state index in [0.717, 1.165) is 51.3 Å². The molecule has 21 heavy (non-hydrogen) atoms. The second-order valence-electron chi connectivity index (χ2n) is 6.20. The van der Waals surface area contributed by atoms with E-state index in [1.807, 2.05) is 0 Å². The Kier molecular flexibility index (Phi) is 6.00. The molecule has 1 heterocycles. The van der Waals surface area contributed by atoms with Crippen LogP contribution in [-0.4, -0.2) is 36.1 Å². The number of thiocarbonyl (C=S) groups is 1. The van der Waals surface area contributed by atoms with Crippen LogP contribution in [0.5, 0.6) is 5.75 Å². The minimum atomic E-state index is 0.610. The summed E-state index contributed by atoms with van der Waals surface area (Å²) in [5.41, 5.74) is 8.38. The summed E-state index contributed by atoms with van der Waals surface area (Å²) >= 11 is 5.00. The second kappa shape index (κ2) is 7.76. The van der Waals surface area contributed by atoms with E-state index >= 15 is 0 Å². The molecule has 1 aliphatic rings. The average molecular weight is 306 g/mol. The van der Waals surface area contributed by atoms with E-state index in [0.29, 0.717) is 10.9 Å². The Labute approximate surface area is 133 Å². The van der Waals surface area contributed by atoms with Crippen LogP contribution in [0.3, 0.4) is 0 Å². The van der Waals surface area contributed by atoms with Crippen molar-refractivity contribution >= 4 is 17.2 Å². The molecule has 0 atom stereocenters. The molecule has 1 aliphatic heterocycles. The Morgan fingerprint density at radius 2 is 2.19 bits per heavy atom. The maximum absolute atomic E-state index is 5.63. The normalized spacial score (nSPS) is 13.5. The first-order chi connectivity index (χ1) is 10.0. The van der Waals surface area contributed by atoms with Crippen molar-refractivity contribution < 1.29 is 4.74 Å². The van der Waals surface area contributed by atoms with E-state index < -0.39 is 0 Å². The number of rotatable bonds is 8. The Bertz CT molecular complexity index is 488. The quantitative estimate of drug-likeness (QED) is 0.750. The van der Waals surface area contributed by atoms with Crippen LogP contribution >= 0.6 is 12.2 Å². The van der Waals surface area contributed by atoms with Gasteiger partial charge < -0.3 is 15.4 Å². The summed E-state index contributed by atoms with van der Waals surface area (Å²) in [6.07, 6.45) is 2.91. The number of nitrogens with zero attached hydrogens (tertiary/aromatic N) is 1. The average Bonchev–Trinajstić information content (AvgIpc) is 2.88. The van der Waals surface area contributed by atoms with Gasteiger partial charge in [0, 0.05) is 32.5 Å². The summed E-state index contributed by atoms with van der Waals surface area (Å²) < 4.78 is 5.56. The zero-order valence-electron chi connectivity index (χ0n) is 13.1. The molecular formula is C17H26N2OS. The van der Waals surface area contributed by atoms with Gasteiger partial charge in [0.1, 0.15) is 5.75 Å². The van der Waals surface area contributed by atoms with Gasteiger partial charge in [0.15, 0.2) is 0 Å². The molecule has 0 bridgehead atoms. The topological polar surface area (TPSA) is 38.5 Å². The van der Waals surface area contributed by atoms with Crippen molar-refractivity contribution in [2.24, 2.45) is 11.7 Å². The highest BCUT2D eigenvalue weighted by Crippen LogP contribution is 2.26. The lowest BCUT2D eigenvalue weighted by molar-refractivity contribution is 0.253. The summed E-state index contributed by atoms with van der Waals surface area (Å²) in [4.78, 5) is 3.08. The fraction of sp³-hybridized carbons (Fsp3) is 0.588. The highest BCUT2D eigenvalue weighted by molar-refractivity contribution is 7.80. The first-order valence-electron chi connectivity index (χ1n) is 7.80. The summed E-state index contributed by atoms with van der Waals surface area (Å²) in [7, 11) is 0. The molecule has 0 aliphatic carbocycles. The van der Waals surface area contributed by atoms with E-state index in [-0.39, 0.29) is 0 Å². The lowest BCUT2D eigenvalue weighted by atomic mass is 10.1. The van der Waals surface area contributed by atoms with Crippen LogP contribution in [0, 0.1) is 5.92 Å². The van der Waals surface area contributed by atoms with Gasteiger partial charge >= 0.3 is 0 Å². The fourth-order valence-electron chi connectivity index (χ4n) is 2.76. The maximum atomic E-state index is 5.63. The van der Waals surface area contributed by atoms with Crippen molar-refractivity contribution in [3.63, 3.8) is 0 Å². The highest BCUT2D eigenvalue weighted by atomic mass is 32.1. The maximum Gasteiger partial charge on any atom is 0.122 e. The molecule has 0 spiro atoms. The standard InChI is InChI=1S/C17H26N2OS/c1-13(2)12-19(9-6-17(18)21)8-5-14-3-4-16-15(11-14)7-10-20-16/h3-4,11,13H,5-10,12H2,1-2H3,(H2,18,21). The number of hydrogen-bond donors (Lipinski definition) is 1. The number of hydrogen-bond acceptors (Lipinski definition) is 3. The van der Waals surface area contributed by atoms with Crippen LogP contribution in [-0.2, 0) is 12.8 Å². The largest absolute Gasteiger partial charge is 0.493 e. The van der Waals surface area contributed by atoms with Gasteiger partial charge in [-0.05, 0) is 29.5 Å². The number of nitrogens with two attached hydrogens (primary N) is 1. The SMILES string of the molecule is CC(C)CN(CCC(N)=S)CCc1ccc2c(c1)CCO2. The molecule has 0 aromatic heterocycles. The predicted octanol–water partition coefficient (Wildman–Crippen LogP) is 2.80. The van der Waals surface area contributed by atoms with E-state index in [1.165, 1.54) is 11.1 Å². The molecule has 4 heteroatoms. The van der Waals surface area contributed by atoms with Crippen LogP contribution in [0.25, 0.3) is 0 Å². The Balaban J connectivity index is 1.89. The van der Waals surface area contributed by atoms with E-state index in [1.54, 1.807) is 0 Å². The molecule has 0 amide bonds. The zero-order valence-corrected chi connectivity index (χ0v) is 13.9. The van der Waals surface area contributed by atoms with Gasteiger partial charge in [0.05, 0.1) is 11.6 Å². The fourth-order valence-corrected chi connectivity index (χ4v) is 2.85. The minimum absolute atomic E-state index is 0.610. The van der Waals surface area contributed by atoms with E-state index in [4.69, 9.17) is 22.7 Å². The van der Waals surface area contributed by atoms with Crippen molar-refractivity contribution in [3.8, 4) is 5.75 Å². The highest BCUT2D eigenvalue weighted by Gasteiger charge is 2.13. The van der Waals surface area contributed by atoms with Crippen molar-refractivity contribution in [2.75, 3.05) is 26.2 Å². The van der Waals surface area contributed by atoms with Crippen molar-refractivity contribution in [1.29, 1.82) is 0 Å². The lowest BCUT2D eigenvalue weighted by Gasteiger charge is -2.24. The molecule has 116 valence electrons. The van der Waals surface area contributed by atoms with Crippen LogP contribution in [0.15, 0.2) is 18.2 Å². The Morgan fingerprint density at radius 1 is 1.38 bits per heavy atom. The molecule has 0 saturated heterocycles. The van der Waals surface area contributed by atoms with Gasteiger partial charge in [0.2, 0.25) is 0 Å². The third kappa shape index (κ3) is 5.29. The van der Waals surface area contributed by atoms with Gasteiger partial charge in [-0.3, -0.25) is 0 Å². The number of fused-ring (bicyclic) bond motifs is 1. The molecule has 1 aromatic carbocycles. The van der Waals surface area contributed by atoms with E-state index in [9.17, 15) is 0 Å². The van der Waals surface area contributed by atoms with Crippen LogP contribution in [0.2, 0.25) is 0 Å². The summed E-state index contributed by atoms with van der Waals surface area (Å²) in [5.74, 6) is 1.72. The molecule has 0 unspecified atom stereocenters. The van der Waals surface area contributed by atoms with Crippen molar-refractivity contribution in [3.05, 3.63) is 29.3 Å². The third-order valence-corrected chi connectivity index (χ3v) is 3.97. The molecule has 2 rings (SSSR count). The van der Waals surface area contributed by atoms with E-state index in [2.05, 4.69) is 36.9 Å². The predicted molar refractivity (Wildman–Crippen MR) is 92.0 cm³/mol. The zero-order chi connectivity index (χ0) is 15.2. The second-order valence-corrected chi connectivity index (χ2v) is 6.73. The summed E-state index contributed by atoms with van der Waals surface area (Å²) in [6.45, 7) is 8.44. The van der Waals surface area contributed by atoms with Crippen molar-refractivity contribution in [1.82, 2.24) is 4.90 Å².